The molecule has 126 valence electrons. The van der Waals surface area contributed by atoms with Crippen LogP contribution >= 0.6 is 11.3 Å². The number of benzene rings is 1. The van der Waals surface area contributed by atoms with E-state index in [2.05, 4.69) is 15.6 Å². The Hall–Kier alpha value is -2.54. The number of amides is 2. The van der Waals surface area contributed by atoms with Crippen LogP contribution in [0.2, 0.25) is 0 Å². The van der Waals surface area contributed by atoms with Gasteiger partial charge in [0.1, 0.15) is 5.76 Å². The van der Waals surface area contributed by atoms with E-state index in [1.54, 1.807) is 12.6 Å². The lowest BCUT2D eigenvalue weighted by Gasteiger charge is -2.12. The molecule has 0 unspecified atom stereocenters. The fraction of sp³-hybridized carbons (Fsp3) is 0.294. The zero-order chi connectivity index (χ0) is 17.1. The molecule has 2 N–H and O–H groups in total. The summed E-state index contributed by atoms with van der Waals surface area (Å²) in [5.74, 6) is 1.36. The fourth-order valence-electron chi connectivity index (χ4n) is 2.41. The molecule has 0 aliphatic heterocycles. The largest absolute Gasteiger partial charge is 0.493 e. The standard InChI is InChI=1S/C17H19N3O3S/c1-10(20-17(21)18-8-15-11(2)19-9-24-15)14-7-12-5-4-6-13(22-3)16(12)23-14/h4-7,9-10H,8H2,1-3H3,(H2,18,20,21)/t10-/m0/s1. The Balaban J connectivity index is 1.65. The van der Waals surface area contributed by atoms with E-state index in [-0.39, 0.29) is 12.1 Å². The summed E-state index contributed by atoms with van der Waals surface area (Å²) in [6.45, 7) is 4.26. The van der Waals surface area contributed by atoms with Crippen LogP contribution in [-0.4, -0.2) is 18.1 Å². The van der Waals surface area contributed by atoms with Crippen molar-refractivity contribution in [2.75, 3.05) is 7.11 Å². The number of aryl methyl sites for hydroxylation is 1. The predicted octanol–water partition coefficient (Wildman–Crippen LogP) is 3.77. The maximum atomic E-state index is 12.1. The summed E-state index contributed by atoms with van der Waals surface area (Å²) in [4.78, 5) is 17.3. The van der Waals surface area contributed by atoms with Gasteiger partial charge in [0, 0.05) is 10.3 Å². The highest BCUT2D eigenvalue weighted by Crippen LogP contribution is 2.30. The first-order chi connectivity index (χ1) is 11.6. The lowest BCUT2D eigenvalue weighted by atomic mass is 10.2. The van der Waals surface area contributed by atoms with Gasteiger partial charge in [-0.25, -0.2) is 9.78 Å². The first kappa shape index (κ1) is 16.3. The molecule has 1 atom stereocenters. The number of thiazole rings is 1. The van der Waals surface area contributed by atoms with Crippen molar-refractivity contribution in [3.05, 3.63) is 46.1 Å². The molecule has 24 heavy (non-hydrogen) atoms. The molecule has 0 radical (unpaired) electrons. The fourth-order valence-corrected chi connectivity index (χ4v) is 3.12. The SMILES string of the molecule is COc1cccc2cc([C@H](C)NC(=O)NCc3scnc3C)oc12. The van der Waals surface area contributed by atoms with Crippen LogP contribution in [0.25, 0.3) is 11.0 Å². The Kier molecular flexibility index (Phi) is 4.71. The molecule has 2 aromatic heterocycles. The molecule has 0 spiro atoms. The number of aromatic nitrogens is 1. The molecule has 0 bridgehead atoms. The van der Waals surface area contributed by atoms with Gasteiger partial charge >= 0.3 is 6.03 Å². The lowest BCUT2D eigenvalue weighted by Crippen LogP contribution is -2.36. The first-order valence-electron chi connectivity index (χ1n) is 7.58. The topological polar surface area (TPSA) is 76.4 Å². The van der Waals surface area contributed by atoms with Gasteiger partial charge in [-0.3, -0.25) is 0 Å². The van der Waals surface area contributed by atoms with Crippen LogP contribution in [-0.2, 0) is 6.54 Å². The summed E-state index contributed by atoms with van der Waals surface area (Å²) < 4.78 is 11.1. The highest BCUT2D eigenvalue weighted by atomic mass is 32.1. The minimum atomic E-state index is -0.260. The number of carbonyl (C=O) groups excluding carboxylic acids is 1. The second-order valence-electron chi connectivity index (χ2n) is 5.44. The molecule has 3 aromatic rings. The van der Waals surface area contributed by atoms with Crippen LogP contribution < -0.4 is 15.4 Å². The average molecular weight is 345 g/mol. The summed E-state index contributed by atoms with van der Waals surface area (Å²) in [6, 6.07) is 7.10. The minimum absolute atomic E-state index is 0.247. The quantitative estimate of drug-likeness (QED) is 0.738. The van der Waals surface area contributed by atoms with E-state index in [0.29, 0.717) is 23.6 Å². The number of urea groups is 1. The molecule has 2 heterocycles. The van der Waals surface area contributed by atoms with Crippen LogP contribution in [0, 0.1) is 6.92 Å². The molecule has 3 rings (SSSR count). The highest BCUT2D eigenvalue weighted by Gasteiger charge is 2.16. The summed E-state index contributed by atoms with van der Waals surface area (Å²) in [7, 11) is 1.60. The van der Waals surface area contributed by atoms with Crippen molar-refractivity contribution < 1.29 is 13.9 Å². The van der Waals surface area contributed by atoms with Crippen molar-refractivity contribution in [2.24, 2.45) is 0 Å². The second kappa shape index (κ2) is 6.92. The number of nitrogens with zero attached hydrogens (tertiary/aromatic N) is 1. The van der Waals surface area contributed by atoms with Gasteiger partial charge in [0.2, 0.25) is 0 Å². The third-order valence-electron chi connectivity index (χ3n) is 3.78. The summed E-state index contributed by atoms with van der Waals surface area (Å²) in [6.07, 6.45) is 0. The van der Waals surface area contributed by atoms with Crippen LogP contribution in [0.4, 0.5) is 4.79 Å². The van der Waals surface area contributed by atoms with Gasteiger partial charge < -0.3 is 19.8 Å². The van der Waals surface area contributed by atoms with E-state index >= 15 is 0 Å². The van der Waals surface area contributed by atoms with Crippen molar-refractivity contribution in [3.63, 3.8) is 0 Å². The number of methoxy groups -OCH3 is 1. The molecule has 0 saturated carbocycles. The van der Waals surface area contributed by atoms with Crippen molar-refractivity contribution in [3.8, 4) is 5.75 Å². The third-order valence-corrected chi connectivity index (χ3v) is 4.71. The molecule has 1 aromatic carbocycles. The number of rotatable bonds is 5. The smallest absolute Gasteiger partial charge is 0.315 e. The van der Waals surface area contributed by atoms with Crippen molar-refractivity contribution >= 4 is 28.3 Å². The van der Waals surface area contributed by atoms with E-state index in [1.165, 1.54) is 11.3 Å². The molecule has 0 fully saturated rings. The Morgan fingerprint density at radius 2 is 2.29 bits per heavy atom. The number of furan rings is 1. The number of carbonyl (C=O) groups is 1. The molecule has 0 aliphatic rings. The van der Waals surface area contributed by atoms with E-state index in [4.69, 9.17) is 9.15 Å². The van der Waals surface area contributed by atoms with Crippen LogP contribution in [0.3, 0.4) is 0 Å². The number of para-hydroxylation sites is 1. The molecule has 0 saturated heterocycles. The Bertz CT molecular complexity index is 856. The van der Waals surface area contributed by atoms with E-state index in [1.807, 2.05) is 38.1 Å². The number of hydrogen-bond acceptors (Lipinski definition) is 5. The normalized spacial score (nSPS) is 12.1. The number of fused-ring (bicyclic) bond motifs is 1. The molecule has 2 amide bonds. The minimum Gasteiger partial charge on any atom is -0.493 e. The van der Waals surface area contributed by atoms with Gasteiger partial charge in [-0.15, -0.1) is 11.3 Å². The summed E-state index contributed by atoms with van der Waals surface area (Å²) >= 11 is 1.53. The number of ether oxygens (including phenoxy) is 1. The van der Waals surface area contributed by atoms with Crippen LogP contribution in [0.15, 0.2) is 34.2 Å². The van der Waals surface area contributed by atoms with E-state index in [0.717, 1.165) is 16.0 Å². The van der Waals surface area contributed by atoms with Gasteiger partial charge in [-0.1, -0.05) is 12.1 Å². The molecular formula is C17H19N3O3S. The Morgan fingerprint density at radius 1 is 1.46 bits per heavy atom. The number of hydrogen-bond donors (Lipinski definition) is 2. The van der Waals surface area contributed by atoms with Gasteiger partial charge in [-0.2, -0.15) is 0 Å². The maximum absolute atomic E-state index is 12.1. The van der Waals surface area contributed by atoms with Crippen molar-refractivity contribution in [1.82, 2.24) is 15.6 Å². The van der Waals surface area contributed by atoms with Crippen molar-refractivity contribution in [2.45, 2.75) is 26.4 Å². The zero-order valence-corrected chi connectivity index (χ0v) is 14.6. The summed E-state index contributed by atoms with van der Waals surface area (Å²) in [5.41, 5.74) is 3.40. The molecule has 6 nitrogen and oxygen atoms in total. The van der Waals surface area contributed by atoms with Crippen LogP contribution in [0.1, 0.15) is 29.3 Å². The third kappa shape index (κ3) is 3.35. The molecular weight excluding hydrogens is 326 g/mol. The van der Waals surface area contributed by atoms with E-state index < -0.39 is 0 Å². The zero-order valence-electron chi connectivity index (χ0n) is 13.8. The van der Waals surface area contributed by atoms with E-state index in [9.17, 15) is 4.79 Å². The van der Waals surface area contributed by atoms with Crippen molar-refractivity contribution in [1.29, 1.82) is 0 Å². The van der Waals surface area contributed by atoms with Gasteiger partial charge in [0.05, 0.1) is 30.9 Å². The maximum Gasteiger partial charge on any atom is 0.315 e. The molecule has 7 heteroatoms. The average Bonchev–Trinajstić information content (AvgIpc) is 3.18. The van der Waals surface area contributed by atoms with Crippen LogP contribution in [0.5, 0.6) is 5.75 Å². The predicted molar refractivity (Wildman–Crippen MR) is 93.4 cm³/mol. The second-order valence-corrected chi connectivity index (χ2v) is 6.38. The summed E-state index contributed by atoms with van der Waals surface area (Å²) in [5, 5.41) is 6.66. The number of nitrogens with one attached hydrogen (secondary N) is 2. The lowest BCUT2D eigenvalue weighted by molar-refractivity contribution is 0.236. The monoisotopic (exact) mass is 345 g/mol. The van der Waals surface area contributed by atoms with Gasteiger partial charge in [0.15, 0.2) is 11.3 Å². The van der Waals surface area contributed by atoms with Gasteiger partial charge in [-0.05, 0) is 26.0 Å². The Morgan fingerprint density at radius 3 is 3.00 bits per heavy atom. The Labute approximate surface area is 143 Å². The first-order valence-corrected chi connectivity index (χ1v) is 8.46. The molecule has 0 aliphatic carbocycles. The highest BCUT2D eigenvalue weighted by molar-refractivity contribution is 7.09. The van der Waals surface area contributed by atoms with Gasteiger partial charge in [0.25, 0.3) is 0 Å².